The van der Waals surface area contributed by atoms with Gasteiger partial charge in [0.15, 0.2) is 0 Å². The van der Waals surface area contributed by atoms with Crippen LogP contribution in [0.25, 0.3) is 6.08 Å². The molecule has 0 aromatic heterocycles. The molecule has 2 amide bonds. The minimum Gasteiger partial charge on any atom is -0.422 e. The second kappa shape index (κ2) is 14.2. The zero-order valence-electron chi connectivity index (χ0n) is 22.7. The number of halogens is 2. The average molecular weight is 646 g/mol. The van der Waals surface area contributed by atoms with E-state index in [4.69, 9.17) is 16.3 Å². The summed E-state index contributed by atoms with van der Waals surface area (Å²) in [7, 11) is 3.85. The number of ether oxygens (including phenoxy) is 1. The first kappa shape index (κ1) is 30.2. The van der Waals surface area contributed by atoms with Crippen LogP contribution in [0.15, 0.2) is 112 Å². The van der Waals surface area contributed by atoms with Gasteiger partial charge >= 0.3 is 5.97 Å². The quantitative estimate of drug-likeness (QED) is 0.0731. The summed E-state index contributed by atoms with van der Waals surface area (Å²) in [5.74, 6) is -1.55. The molecule has 0 aliphatic heterocycles. The van der Waals surface area contributed by atoms with Crippen LogP contribution < -0.4 is 20.4 Å². The summed E-state index contributed by atoms with van der Waals surface area (Å²) in [5.41, 5.74) is 5.11. The fourth-order valence-electron chi connectivity index (χ4n) is 3.69. The lowest BCUT2D eigenvalue weighted by molar-refractivity contribution is -0.117. The standard InChI is InChI=1S/C32H26BrClN4O4/c1-38(2)25-15-12-21(13-16-25)18-28(36-30(39)22-8-4-3-5-9-22)31(40)37-35-20-23-19-24(33)14-17-29(23)42-32(41)26-10-6-7-11-27(26)34/h3-20H,1-2H3,(H,36,39)(H,37,40)/b28-18-,35-20+. The maximum absolute atomic E-state index is 13.2. The van der Waals surface area contributed by atoms with Crippen molar-refractivity contribution in [3.63, 3.8) is 0 Å². The molecule has 0 aliphatic carbocycles. The predicted octanol–water partition coefficient (Wildman–Crippen LogP) is 6.31. The molecule has 0 radical (unpaired) electrons. The number of amides is 2. The van der Waals surface area contributed by atoms with E-state index in [0.717, 1.165) is 5.69 Å². The monoisotopic (exact) mass is 644 g/mol. The smallest absolute Gasteiger partial charge is 0.345 e. The summed E-state index contributed by atoms with van der Waals surface area (Å²) in [6.45, 7) is 0. The fourth-order valence-corrected chi connectivity index (χ4v) is 4.28. The van der Waals surface area contributed by atoms with Crippen LogP contribution in [-0.2, 0) is 4.79 Å². The number of nitrogens with one attached hydrogen (secondary N) is 2. The summed E-state index contributed by atoms with van der Waals surface area (Å²) in [5, 5.41) is 6.99. The number of nitrogens with zero attached hydrogens (tertiary/aromatic N) is 2. The molecule has 0 heterocycles. The minimum absolute atomic E-state index is 0.0155. The predicted molar refractivity (Wildman–Crippen MR) is 169 cm³/mol. The van der Waals surface area contributed by atoms with E-state index in [9.17, 15) is 14.4 Å². The number of esters is 1. The highest BCUT2D eigenvalue weighted by molar-refractivity contribution is 9.10. The second-order valence-corrected chi connectivity index (χ2v) is 10.4. The van der Waals surface area contributed by atoms with Gasteiger partial charge in [-0.05, 0) is 66.2 Å². The molecule has 0 fully saturated rings. The van der Waals surface area contributed by atoms with Crippen molar-refractivity contribution in [2.45, 2.75) is 0 Å². The first-order valence-electron chi connectivity index (χ1n) is 12.7. The number of benzene rings is 4. The number of hydrogen-bond acceptors (Lipinski definition) is 6. The van der Waals surface area contributed by atoms with Crippen molar-refractivity contribution in [1.29, 1.82) is 0 Å². The van der Waals surface area contributed by atoms with Crippen molar-refractivity contribution < 1.29 is 19.1 Å². The number of rotatable bonds is 9. The van der Waals surface area contributed by atoms with E-state index >= 15 is 0 Å². The van der Waals surface area contributed by atoms with Crippen LogP contribution in [0.5, 0.6) is 5.75 Å². The number of carbonyl (C=O) groups is 3. The lowest BCUT2D eigenvalue weighted by Crippen LogP contribution is -2.32. The third-order valence-electron chi connectivity index (χ3n) is 5.89. The number of carbonyl (C=O) groups excluding carboxylic acids is 3. The Bertz CT molecular complexity index is 1660. The first-order valence-corrected chi connectivity index (χ1v) is 13.8. The van der Waals surface area contributed by atoms with E-state index in [1.807, 2.05) is 43.3 Å². The molecule has 212 valence electrons. The molecule has 0 aliphatic rings. The third-order valence-corrected chi connectivity index (χ3v) is 6.71. The maximum Gasteiger partial charge on any atom is 0.345 e. The Morgan fingerprint density at radius 2 is 1.60 bits per heavy atom. The van der Waals surface area contributed by atoms with E-state index in [0.29, 0.717) is 21.2 Å². The van der Waals surface area contributed by atoms with Crippen LogP contribution in [0.3, 0.4) is 0 Å². The molecule has 0 spiro atoms. The molecule has 42 heavy (non-hydrogen) atoms. The molecule has 2 N–H and O–H groups in total. The topological polar surface area (TPSA) is 100 Å². The molecule has 0 saturated carbocycles. The highest BCUT2D eigenvalue weighted by Crippen LogP contribution is 2.24. The molecule has 0 bridgehead atoms. The highest BCUT2D eigenvalue weighted by atomic mass is 79.9. The van der Waals surface area contributed by atoms with Crippen LogP contribution in [0.4, 0.5) is 5.69 Å². The summed E-state index contributed by atoms with van der Waals surface area (Å²) in [6.07, 6.45) is 2.89. The zero-order chi connectivity index (χ0) is 30.1. The van der Waals surface area contributed by atoms with E-state index in [-0.39, 0.29) is 22.0 Å². The van der Waals surface area contributed by atoms with Gasteiger partial charge < -0.3 is 15.0 Å². The van der Waals surface area contributed by atoms with E-state index in [1.54, 1.807) is 78.9 Å². The zero-order valence-corrected chi connectivity index (χ0v) is 25.0. The normalized spacial score (nSPS) is 11.2. The van der Waals surface area contributed by atoms with Gasteiger partial charge in [-0.2, -0.15) is 5.10 Å². The fraction of sp³-hybridized carbons (Fsp3) is 0.0625. The van der Waals surface area contributed by atoms with Gasteiger partial charge in [0.05, 0.1) is 16.8 Å². The summed E-state index contributed by atoms with van der Waals surface area (Å²) in [6, 6.07) is 27.5. The SMILES string of the molecule is CN(C)c1ccc(/C=C(\NC(=O)c2ccccc2)C(=O)N/N=C/c2cc(Br)ccc2OC(=O)c2ccccc2Cl)cc1. The van der Waals surface area contributed by atoms with Crippen LogP contribution in [0.2, 0.25) is 5.02 Å². The molecule has 0 atom stereocenters. The van der Waals surface area contributed by atoms with Crippen molar-refractivity contribution in [3.8, 4) is 5.75 Å². The molecular weight excluding hydrogens is 620 g/mol. The van der Waals surface area contributed by atoms with Crippen molar-refractivity contribution in [1.82, 2.24) is 10.7 Å². The van der Waals surface area contributed by atoms with Gasteiger partial charge in [-0.25, -0.2) is 10.2 Å². The Morgan fingerprint density at radius 3 is 2.29 bits per heavy atom. The molecule has 8 nitrogen and oxygen atoms in total. The molecule has 10 heteroatoms. The molecule has 4 aromatic rings. The van der Waals surface area contributed by atoms with Crippen LogP contribution >= 0.6 is 27.5 Å². The third kappa shape index (κ3) is 8.15. The molecule has 0 unspecified atom stereocenters. The number of hydrogen-bond donors (Lipinski definition) is 2. The van der Waals surface area contributed by atoms with Crippen molar-refractivity contribution in [2.24, 2.45) is 5.10 Å². The molecule has 4 aromatic carbocycles. The van der Waals surface area contributed by atoms with E-state index in [2.05, 4.69) is 31.8 Å². The Hall–Kier alpha value is -4.73. The number of hydrazone groups is 1. The minimum atomic E-state index is -0.656. The largest absolute Gasteiger partial charge is 0.422 e. The van der Waals surface area contributed by atoms with Crippen LogP contribution in [0, 0.1) is 0 Å². The lowest BCUT2D eigenvalue weighted by Gasteiger charge is -2.13. The van der Waals surface area contributed by atoms with Gasteiger partial charge in [-0.1, -0.05) is 70.0 Å². The highest BCUT2D eigenvalue weighted by Gasteiger charge is 2.16. The van der Waals surface area contributed by atoms with E-state index in [1.165, 1.54) is 6.21 Å². The van der Waals surface area contributed by atoms with Crippen molar-refractivity contribution >= 4 is 63.3 Å². The Labute approximate surface area is 256 Å². The van der Waals surface area contributed by atoms with Crippen LogP contribution in [0.1, 0.15) is 31.8 Å². The Morgan fingerprint density at radius 1 is 0.905 bits per heavy atom. The molecule has 0 saturated heterocycles. The molecule has 4 rings (SSSR count). The van der Waals surface area contributed by atoms with Crippen molar-refractivity contribution in [3.05, 3.63) is 135 Å². The Balaban J connectivity index is 1.55. The van der Waals surface area contributed by atoms with Gasteiger partial charge in [0.2, 0.25) is 0 Å². The van der Waals surface area contributed by atoms with Gasteiger partial charge in [-0.15, -0.1) is 0 Å². The lowest BCUT2D eigenvalue weighted by atomic mass is 10.1. The Kier molecular flexibility index (Phi) is 10.3. The second-order valence-electron chi connectivity index (χ2n) is 9.11. The molecular formula is C32H26BrClN4O4. The van der Waals surface area contributed by atoms with Gasteiger partial charge in [0.25, 0.3) is 11.8 Å². The summed E-state index contributed by atoms with van der Waals surface area (Å²) >= 11 is 9.53. The van der Waals surface area contributed by atoms with Gasteiger partial charge in [0.1, 0.15) is 11.4 Å². The van der Waals surface area contributed by atoms with Gasteiger partial charge in [0, 0.05) is 35.4 Å². The van der Waals surface area contributed by atoms with Crippen molar-refractivity contribution in [2.75, 3.05) is 19.0 Å². The summed E-state index contributed by atoms with van der Waals surface area (Å²) in [4.78, 5) is 40.7. The maximum atomic E-state index is 13.2. The average Bonchev–Trinajstić information content (AvgIpc) is 2.99. The summed E-state index contributed by atoms with van der Waals surface area (Å²) < 4.78 is 6.26. The van der Waals surface area contributed by atoms with Crippen LogP contribution in [-0.4, -0.2) is 38.1 Å². The number of anilines is 1. The van der Waals surface area contributed by atoms with Gasteiger partial charge in [-0.3, -0.25) is 9.59 Å². The van der Waals surface area contributed by atoms with E-state index < -0.39 is 17.8 Å². The first-order chi connectivity index (χ1) is 20.2.